The summed E-state index contributed by atoms with van der Waals surface area (Å²) < 4.78 is 11.5. The van der Waals surface area contributed by atoms with Crippen molar-refractivity contribution in [3.63, 3.8) is 0 Å². The quantitative estimate of drug-likeness (QED) is 0.345. The maximum atomic E-state index is 9.33. The van der Waals surface area contributed by atoms with Gasteiger partial charge < -0.3 is 9.47 Å². The molecule has 120 valence electrons. The average molecular weight is 305 g/mol. The highest BCUT2D eigenvalue weighted by molar-refractivity contribution is 5.12. The van der Waals surface area contributed by atoms with Crippen molar-refractivity contribution in [3.8, 4) is 6.07 Å². The number of likely N-dealkylation sites (N-methyl/N-ethyl adjacent to an activating group) is 1. The number of rotatable bonds is 4. The van der Waals surface area contributed by atoms with E-state index in [4.69, 9.17) is 15.0 Å². The lowest BCUT2D eigenvalue weighted by atomic mass is 9.90. The second-order valence-corrected chi connectivity index (χ2v) is 6.29. The van der Waals surface area contributed by atoms with Crippen LogP contribution in [0.3, 0.4) is 0 Å². The summed E-state index contributed by atoms with van der Waals surface area (Å²) in [6.45, 7) is 6.04. The van der Waals surface area contributed by atoms with Gasteiger partial charge in [0.15, 0.2) is 5.79 Å². The van der Waals surface area contributed by atoms with Crippen LogP contribution in [0.4, 0.5) is 0 Å². The molecule has 0 spiro atoms. The molecule has 2 fully saturated rings. The third-order valence-corrected chi connectivity index (χ3v) is 4.43. The van der Waals surface area contributed by atoms with Gasteiger partial charge in [-0.05, 0) is 45.7 Å². The number of likely N-dealkylation sites (tertiary alicyclic amines) is 1. The van der Waals surface area contributed by atoms with Gasteiger partial charge in [0.2, 0.25) is 0 Å². The molecule has 2 aliphatic rings. The van der Waals surface area contributed by atoms with E-state index in [9.17, 15) is 5.26 Å². The van der Waals surface area contributed by atoms with Crippen molar-refractivity contribution in [1.82, 2.24) is 4.90 Å². The molecular weight excluding hydrogens is 282 g/mol. The molecule has 0 bridgehead atoms. The number of nitrogens with zero attached hydrogens (tertiary/aromatic N) is 5. The van der Waals surface area contributed by atoms with Crippen LogP contribution in [0.15, 0.2) is 17.3 Å². The molecule has 0 saturated carbocycles. The van der Waals surface area contributed by atoms with E-state index < -0.39 is 11.8 Å². The van der Waals surface area contributed by atoms with Crippen LogP contribution in [0.25, 0.3) is 10.4 Å². The molecule has 2 aliphatic heterocycles. The Hall–Kier alpha value is -1.58. The molecule has 0 aromatic rings. The van der Waals surface area contributed by atoms with E-state index in [1.165, 1.54) is 0 Å². The van der Waals surface area contributed by atoms with Crippen LogP contribution in [-0.2, 0) is 9.47 Å². The van der Waals surface area contributed by atoms with Crippen LogP contribution in [-0.4, -0.2) is 48.6 Å². The first-order chi connectivity index (χ1) is 10.4. The van der Waals surface area contributed by atoms with E-state index in [0.717, 1.165) is 6.42 Å². The van der Waals surface area contributed by atoms with Gasteiger partial charge in [-0.1, -0.05) is 17.3 Å². The average Bonchev–Trinajstić information content (AvgIpc) is 2.97. The van der Waals surface area contributed by atoms with Crippen LogP contribution in [0, 0.1) is 17.2 Å². The zero-order chi connectivity index (χ0) is 16.3. The first-order valence-corrected chi connectivity index (χ1v) is 7.54. The van der Waals surface area contributed by atoms with Crippen molar-refractivity contribution in [3.05, 3.63) is 22.6 Å². The maximum absolute atomic E-state index is 9.33. The Kier molecular flexibility index (Phi) is 5.09. The van der Waals surface area contributed by atoms with Crippen LogP contribution in [0.5, 0.6) is 0 Å². The molecule has 0 radical (unpaired) electrons. The van der Waals surface area contributed by atoms with Crippen LogP contribution < -0.4 is 0 Å². The molecule has 22 heavy (non-hydrogen) atoms. The molecule has 0 aromatic carbocycles. The molecule has 0 N–H and O–H groups in total. The second kappa shape index (κ2) is 6.67. The summed E-state index contributed by atoms with van der Waals surface area (Å²) in [6.07, 6.45) is 4.49. The highest BCUT2D eigenvalue weighted by Gasteiger charge is 2.48. The van der Waals surface area contributed by atoms with Gasteiger partial charge >= 0.3 is 0 Å². The van der Waals surface area contributed by atoms with Gasteiger partial charge in [-0.25, -0.2) is 0 Å². The smallest absolute Gasteiger partial charge is 0.163 e. The minimum Gasteiger partial charge on any atom is -0.348 e. The zero-order valence-electron chi connectivity index (χ0n) is 13.5. The van der Waals surface area contributed by atoms with Crippen LogP contribution in [0.2, 0.25) is 0 Å². The molecular formula is C15H23N5O2. The van der Waals surface area contributed by atoms with Crippen LogP contribution >= 0.6 is 0 Å². The highest BCUT2D eigenvalue weighted by Crippen LogP contribution is 2.37. The topological polar surface area (TPSA) is 94.3 Å². The number of hydrogen-bond donors (Lipinski definition) is 0. The SMILES string of the molecule is C/C=C\C1CC(C#N)N(C)C1C(N=[N+]=[N-])C1COC(C)(C)O1. The standard InChI is InChI=1S/C15H23N5O2/c1-5-6-10-7-11(8-16)20(4)14(10)13(18-19-17)12-9-21-15(2,3)22-12/h5-6,10-14H,7,9H2,1-4H3/b6-5-. The van der Waals surface area contributed by atoms with Gasteiger partial charge in [-0.2, -0.15) is 5.26 Å². The van der Waals surface area contributed by atoms with Crippen molar-refractivity contribution < 1.29 is 9.47 Å². The largest absolute Gasteiger partial charge is 0.348 e. The van der Waals surface area contributed by atoms with Gasteiger partial charge in [-0.3, -0.25) is 4.90 Å². The number of azide groups is 1. The first-order valence-electron chi connectivity index (χ1n) is 7.54. The van der Waals surface area contributed by atoms with Crippen molar-refractivity contribution in [2.75, 3.05) is 13.7 Å². The van der Waals surface area contributed by atoms with Gasteiger partial charge in [0.1, 0.15) is 0 Å². The summed E-state index contributed by atoms with van der Waals surface area (Å²) in [6, 6.07) is 1.68. The minimum atomic E-state index is -0.671. The molecule has 7 heteroatoms. The van der Waals surface area contributed by atoms with Gasteiger partial charge in [0, 0.05) is 11.0 Å². The first kappa shape index (κ1) is 16.8. The van der Waals surface area contributed by atoms with Gasteiger partial charge in [-0.15, -0.1) is 0 Å². The predicted molar refractivity (Wildman–Crippen MR) is 81.7 cm³/mol. The number of hydrogen-bond acceptors (Lipinski definition) is 5. The Morgan fingerprint density at radius 2 is 2.27 bits per heavy atom. The molecule has 0 aliphatic carbocycles. The van der Waals surface area contributed by atoms with E-state index in [2.05, 4.69) is 22.2 Å². The van der Waals surface area contributed by atoms with Crippen LogP contribution in [0.1, 0.15) is 27.2 Å². The Labute approximate surface area is 131 Å². The van der Waals surface area contributed by atoms with Crippen molar-refractivity contribution >= 4 is 0 Å². The Morgan fingerprint density at radius 1 is 1.55 bits per heavy atom. The Bertz CT molecular complexity index is 521. The fourth-order valence-electron chi connectivity index (χ4n) is 3.46. The van der Waals surface area contributed by atoms with E-state index in [1.807, 2.05) is 38.8 Å². The summed E-state index contributed by atoms with van der Waals surface area (Å²) >= 11 is 0. The summed E-state index contributed by atoms with van der Waals surface area (Å²) in [5, 5.41) is 13.3. The number of allylic oxidation sites excluding steroid dienone is 1. The van der Waals surface area contributed by atoms with Crippen molar-refractivity contribution in [1.29, 1.82) is 5.26 Å². The van der Waals surface area contributed by atoms with Gasteiger partial charge in [0.25, 0.3) is 0 Å². The number of nitriles is 1. The van der Waals surface area contributed by atoms with E-state index in [1.54, 1.807) is 0 Å². The summed E-state index contributed by atoms with van der Waals surface area (Å²) in [5.74, 6) is -0.516. The molecule has 5 atom stereocenters. The van der Waals surface area contributed by atoms with Crippen molar-refractivity contribution in [2.24, 2.45) is 11.0 Å². The summed E-state index contributed by atoms with van der Waals surface area (Å²) in [4.78, 5) is 5.01. The lowest BCUT2D eigenvalue weighted by Gasteiger charge is -2.33. The summed E-state index contributed by atoms with van der Waals surface area (Å²) in [5.41, 5.74) is 8.97. The lowest BCUT2D eigenvalue weighted by Crippen LogP contribution is -2.48. The fourth-order valence-corrected chi connectivity index (χ4v) is 3.46. The fraction of sp³-hybridized carbons (Fsp3) is 0.800. The normalized spacial score (nSPS) is 36.1. The second-order valence-electron chi connectivity index (χ2n) is 6.29. The Morgan fingerprint density at radius 3 is 2.77 bits per heavy atom. The van der Waals surface area contributed by atoms with E-state index in [0.29, 0.717) is 6.61 Å². The Balaban J connectivity index is 2.29. The molecule has 2 rings (SSSR count). The zero-order valence-corrected chi connectivity index (χ0v) is 13.5. The van der Waals surface area contributed by atoms with Crippen molar-refractivity contribution in [2.45, 2.75) is 57.2 Å². The lowest BCUT2D eigenvalue weighted by molar-refractivity contribution is -0.142. The van der Waals surface area contributed by atoms with E-state index >= 15 is 0 Å². The number of ether oxygens (including phenoxy) is 2. The molecule has 0 amide bonds. The van der Waals surface area contributed by atoms with Gasteiger partial charge in [0.05, 0.1) is 30.9 Å². The molecule has 5 unspecified atom stereocenters. The van der Waals surface area contributed by atoms with E-state index in [-0.39, 0.29) is 24.1 Å². The molecule has 2 heterocycles. The molecule has 2 saturated heterocycles. The maximum Gasteiger partial charge on any atom is 0.163 e. The predicted octanol–water partition coefficient (Wildman–Crippen LogP) is 2.61. The molecule has 0 aromatic heterocycles. The third-order valence-electron chi connectivity index (χ3n) is 4.43. The third kappa shape index (κ3) is 3.26. The highest BCUT2D eigenvalue weighted by atomic mass is 16.7. The summed E-state index contributed by atoms with van der Waals surface area (Å²) in [7, 11) is 1.91. The minimum absolute atomic E-state index is 0.0701. The molecule has 7 nitrogen and oxygen atoms in total. The monoisotopic (exact) mass is 305 g/mol.